The molecule has 0 saturated heterocycles. The molecule has 0 amide bonds. The van der Waals surface area contributed by atoms with E-state index >= 15 is 0 Å². The highest BCUT2D eigenvalue weighted by atomic mass is 14.9. The number of hydrogen-bond acceptors (Lipinski definition) is 1. The molecule has 4 aromatic rings. The monoisotopic (exact) mass is 260 g/mol. The molecule has 0 aliphatic heterocycles. The molecule has 0 unspecified atom stereocenters. The van der Waals surface area contributed by atoms with Crippen LogP contribution in [0.5, 0.6) is 0 Å². The van der Waals surface area contributed by atoms with Crippen LogP contribution in [0.3, 0.4) is 0 Å². The van der Waals surface area contributed by atoms with Gasteiger partial charge < -0.3 is 4.57 Å². The van der Waals surface area contributed by atoms with Gasteiger partial charge in [0.1, 0.15) is 0 Å². The number of hydrogen-bond donors (Lipinski definition) is 0. The minimum absolute atomic E-state index is 1.21. The van der Waals surface area contributed by atoms with Crippen LogP contribution in [-0.2, 0) is 7.05 Å². The molecule has 0 N–H and O–H groups in total. The number of aryl methyl sites for hydroxylation is 3. The van der Waals surface area contributed by atoms with Gasteiger partial charge in [-0.2, -0.15) is 0 Å². The summed E-state index contributed by atoms with van der Waals surface area (Å²) >= 11 is 0. The van der Waals surface area contributed by atoms with Gasteiger partial charge in [-0.05, 0) is 48.6 Å². The first-order valence-electron chi connectivity index (χ1n) is 6.89. The van der Waals surface area contributed by atoms with E-state index in [0.717, 1.165) is 0 Å². The third kappa shape index (κ3) is 1.36. The molecule has 2 heterocycles. The van der Waals surface area contributed by atoms with Crippen molar-refractivity contribution in [1.29, 1.82) is 0 Å². The first-order chi connectivity index (χ1) is 9.66. The van der Waals surface area contributed by atoms with Gasteiger partial charge in [-0.3, -0.25) is 4.98 Å². The van der Waals surface area contributed by atoms with Crippen molar-refractivity contribution in [3.63, 3.8) is 0 Å². The first kappa shape index (κ1) is 11.5. The predicted molar refractivity (Wildman–Crippen MR) is 85.2 cm³/mol. The van der Waals surface area contributed by atoms with Crippen molar-refractivity contribution < 1.29 is 0 Å². The molecule has 4 rings (SSSR count). The van der Waals surface area contributed by atoms with Gasteiger partial charge in [0.15, 0.2) is 0 Å². The van der Waals surface area contributed by atoms with Gasteiger partial charge >= 0.3 is 0 Å². The van der Waals surface area contributed by atoms with Crippen molar-refractivity contribution in [3.8, 4) is 0 Å². The van der Waals surface area contributed by atoms with Crippen LogP contribution in [0.15, 0.2) is 42.7 Å². The molecular weight excluding hydrogens is 244 g/mol. The maximum Gasteiger partial charge on any atom is 0.0524 e. The van der Waals surface area contributed by atoms with E-state index in [2.05, 4.69) is 60.8 Å². The summed E-state index contributed by atoms with van der Waals surface area (Å²) in [5.74, 6) is 0. The van der Waals surface area contributed by atoms with Crippen LogP contribution in [-0.4, -0.2) is 9.55 Å². The zero-order chi connectivity index (χ0) is 13.9. The average molecular weight is 260 g/mol. The van der Waals surface area contributed by atoms with Crippen molar-refractivity contribution in [2.75, 3.05) is 0 Å². The molecule has 20 heavy (non-hydrogen) atoms. The molecule has 0 aliphatic rings. The van der Waals surface area contributed by atoms with Crippen LogP contribution in [0.25, 0.3) is 32.6 Å². The molecule has 0 spiro atoms. The Labute approximate surface area is 117 Å². The number of rotatable bonds is 0. The Balaban J connectivity index is 2.34. The Morgan fingerprint density at radius 2 is 1.80 bits per heavy atom. The maximum absolute atomic E-state index is 4.25. The quantitative estimate of drug-likeness (QED) is 0.455. The summed E-state index contributed by atoms with van der Waals surface area (Å²) < 4.78 is 2.31. The van der Waals surface area contributed by atoms with Crippen molar-refractivity contribution in [3.05, 3.63) is 53.9 Å². The molecule has 0 saturated carbocycles. The maximum atomic E-state index is 4.25. The Morgan fingerprint density at radius 3 is 2.65 bits per heavy atom. The molecular formula is C18H16N2. The lowest BCUT2D eigenvalue weighted by Gasteiger charge is -2.06. The minimum atomic E-state index is 1.21. The predicted octanol–water partition coefficient (Wildman–Crippen LogP) is 4.50. The Hall–Kier alpha value is -2.35. The number of fused-ring (bicyclic) bond motifs is 4. The van der Waals surface area contributed by atoms with Crippen molar-refractivity contribution >= 4 is 32.6 Å². The van der Waals surface area contributed by atoms with Crippen LogP contribution in [0.2, 0.25) is 0 Å². The second-order valence-corrected chi connectivity index (χ2v) is 5.57. The summed E-state index contributed by atoms with van der Waals surface area (Å²) in [4.78, 5) is 4.25. The van der Waals surface area contributed by atoms with Crippen molar-refractivity contribution in [2.24, 2.45) is 7.05 Å². The number of nitrogens with zero attached hydrogens (tertiary/aromatic N) is 2. The third-order valence-electron chi connectivity index (χ3n) is 4.31. The third-order valence-corrected chi connectivity index (χ3v) is 4.31. The highest BCUT2D eigenvalue weighted by Crippen LogP contribution is 2.34. The topological polar surface area (TPSA) is 17.8 Å². The summed E-state index contributed by atoms with van der Waals surface area (Å²) in [5.41, 5.74) is 5.25. The lowest BCUT2D eigenvalue weighted by atomic mass is 10.0. The van der Waals surface area contributed by atoms with E-state index in [1.54, 1.807) is 0 Å². The minimum Gasteiger partial charge on any atom is -0.343 e. The molecule has 0 fully saturated rings. The summed E-state index contributed by atoms with van der Waals surface area (Å²) in [6.45, 7) is 4.35. The SMILES string of the molecule is Cc1ccc2c3cc4cnccc4c(C)c3n(C)c2c1. The van der Waals surface area contributed by atoms with E-state index < -0.39 is 0 Å². The standard InChI is InChI=1S/C18H16N2/c1-11-4-5-15-16-9-13-10-19-7-6-14(13)12(2)18(16)20(3)17(15)8-11/h4-10H,1-3H3. The van der Waals surface area contributed by atoms with Crippen LogP contribution >= 0.6 is 0 Å². The van der Waals surface area contributed by atoms with Crippen LogP contribution in [0, 0.1) is 13.8 Å². The smallest absolute Gasteiger partial charge is 0.0524 e. The lowest BCUT2D eigenvalue weighted by Crippen LogP contribution is -1.91. The van der Waals surface area contributed by atoms with Crippen LogP contribution in [0.4, 0.5) is 0 Å². The van der Waals surface area contributed by atoms with E-state index in [-0.39, 0.29) is 0 Å². The molecule has 2 aromatic carbocycles. The zero-order valence-corrected chi connectivity index (χ0v) is 11.9. The Morgan fingerprint density at radius 1 is 0.950 bits per heavy atom. The van der Waals surface area contributed by atoms with Gasteiger partial charge in [-0.25, -0.2) is 0 Å². The fraction of sp³-hybridized carbons (Fsp3) is 0.167. The van der Waals surface area contributed by atoms with Crippen molar-refractivity contribution in [2.45, 2.75) is 13.8 Å². The molecule has 2 nitrogen and oxygen atoms in total. The van der Waals surface area contributed by atoms with Crippen LogP contribution in [0.1, 0.15) is 11.1 Å². The molecule has 98 valence electrons. The summed E-state index contributed by atoms with van der Waals surface area (Å²) in [6, 6.07) is 11.0. The second-order valence-electron chi connectivity index (χ2n) is 5.57. The number of aromatic nitrogens is 2. The van der Waals surface area contributed by atoms with Gasteiger partial charge in [0.05, 0.1) is 5.52 Å². The van der Waals surface area contributed by atoms with Gasteiger partial charge in [0, 0.05) is 41.1 Å². The average Bonchev–Trinajstić information content (AvgIpc) is 2.72. The van der Waals surface area contributed by atoms with Gasteiger partial charge in [0.25, 0.3) is 0 Å². The second kappa shape index (κ2) is 3.83. The zero-order valence-electron chi connectivity index (χ0n) is 11.9. The molecule has 0 bridgehead atoms. The Kier molecular flexibility index (Phi) is 2.19. The largest absolute Gasteiger partial charge is 0.343 e. The van der Waals surface area contributed by atoms with E-state index in [1.807, 2.05) is 12.4 Å². The lowest BCUT2D eigenvalue weighted by molar-refractivity contribution is 1.01. The highest BCUT2D eigenvalue weighted by Gasteiger charge is 2.12. The normalized spacial score (nSPS) is 11.8. The van der Waals surface area contributed by atoms with E-state index in [1.165, 1.54) is 43.7 Å². The molecule has 0 aliphatic carbocycles. The summed E-state index contributed by atoms with van der Waals surface area (Å²) in [6.07, 6.45) is 3.82. The van der Waals surface area contributed by atoms with Crippen molar-refractivity contribution in [1.82, 2.24) is 9.55 Å². The first-order valence-corrected chi connectivity index (χ1v) is 6.89. The van der Waals surface area contributed by atoms with E-state index in [9.17, 15) is 0 Å². The number of pyridine rings is 1. The molecule has 0 radical (unpaired) electrons. The van der Waals surface area contributed by atoms with E-state index in [0.29, 0.717) is 0 Å². The fourth-order valence-corrected chi connectivity index (χ4v) is 3.32. The van der Waals surface area contributed by atoms with Crippen LogP contribution < -0.4 is 0 Å². The molecule has 2 heteroatoms. The molecule has 0 atom stereocenters. The number of benzene rings is 2. The van der Waals surface area contributed by atoms with Gasteiger partial charge in [0.2, 0.25) is 0 Å². The highest BCUT2D eigenvalue weighted by molar-refractivity contribution is 6.14. The van der Waals surface area contributed by atoms with Gasteiger partial charge in [-0.1, -0.05) is 12.1 Å². The van der Waals surface area contributed by atoms with E-state index in [4.69, 9.17) is 0 Å². The fourth-order valence-electron chi connectivity index (χ4n) is 3.32. The summed E-state index contributed by atoms with van der Waals surface area (Å²) in [5, 5.41) is 5.14. The Bertz CT molecular complexity index is 977. The summed E-state index contributed by atoms with van der Waals surface area (Å²) in [7, 11) is 2.16. The van der Waals surface area contributed by atoms with Gasteiger partial charge in [-0.15, -0.1) is 0 Å². The molecule has 2 aromatic heterocycles.